The number of hydrogen-bond acceptors (Lipinski definition) is 4. The van der Waals surface area contributed by atoms with Gasteiger partial charge < -0.3 is 5.32 Å². The van der Waals surface area contributed by atoms with Crippen molar-refractivity contribution in [1.82, 2.24) is 10.2 Å². The molecule has 0 radical (unpaired) electrons. The summed E-state index contributed by atoms with van der Waals surface area (Å²) >= 11 is 5.94. The number of halogens is 2. The van der Waals surface area contributed by atoms with Crippen LogP contribution in [0.25, 0.3) is 0 Å². The first-order valence-electron chi connectivity index (χ1n) is 6.96. The van der Waals surface area contributed by atoms with Gasteiger partial charge in [-0.3, -0.25) is 5.10 Å². The first-order valence-corrected chi connectivity index (χ1v) is 7.34. The summed E-state index contributed by atoms with van der Waals surface area (Å²) in [6.45, 7) is 0. The van der Waals surface area contributed by atoms with E-state index < -0.39 is 0 Å². The molecule has 0 amide bonds. The van der Waals surface area contributed by atoms with Crippen molar-refractivity contribution >= 4 is 35.1 Å². The summed E-state index contributed by atoms with van der Waals surface area (Å²) in [5.74, 6) is 0.343. The van der Waals surface area contributed by atoms with E-state index in [1.807, 2.05) is 6.07 Å². The smallest absolute Gasteiger partial charge is 0.193 e. The maximum absolute atomic E-state index is 12.9. The summed E-state index contributed by atoms with van der Waals surface area (Å²) in [6, 6.07) is 15.0. The molecule has 0 aliphatic rings. The van der Waals surface area contributed by atoms with E-state index in [1.54, 1.807) is 30.3 Å². The molecule has 24 heavy (non-hydrogen) atoms. The van der Waals surface area contributed by atoms with Crippen LogP contribution in [0.15, 0.2) is 53.5 Å². The van der Waals surface area contributed by atoms with Gasteiger partial charge in [-0.25, -0.2) is 9.38 Å². The van der Waals surface area contributed by atoms with Gasteiger partial charge in [-0.15, -0.1) is 0 Å². The minimum absolute atomic E-state index is 0.242. The van der Waals surface area contributed by atoms with Crippen molar-refractivity contribution < 1.29 is 4.39 Å². The van der Waals surface area contributed by atoms with E-state index in [-0.39, 0.29) is 17.2 Å². The first-order chi connectivity index (χ1) is 11.7. The summed E-state index contributed by atoms with van der Waals surface area (Å²) in [7, 11) is 0. The van der Waals surface area contributed by atoms with Crippen LogP contribution in [0, 0.1) is 17.1 Å². The first kappa shape index (κ1) is 15.7. The molecular formula is C17H11ClFN5. The topological polar surface area (TPSA) is 76.9 Å². The number of benzene rings is 2. The Labute approximate surface area is 142 Å². The molecule has 2 aromatic carbocycles. The van der Waals surface area contributed by atoms with Crippen molar-refractivity contribution in [1.29, 1.82) is 5.26 Å². The van der Waals surface area contributed by atoms with Gasteiger partial charge in [0.15, 0.2) is 5.82 Å². The molecule has 0 spiro atoms. The number of aliphatic imine (C=N–C) groups is 1. The quantitative estimate of drug-likeness (QED) is 0.683. The van der Waals surface area contributed by atoms with Crippen LogP contribution < -0.4 is 5.32 Å². The number of rotatable bonds is 4. The van der Waals surface area contributed by atoms with Crippen molar-refractivity contribution in [3.63, 3.8) is 0 Å². The predicted molar refractivity (Wildman–Crippen MR) is 91.7 cm³/mol. The number of nitriles is 1. The fraction of sp³-hybridized carbons (Fsp3) is 0. The van der Waals surface area contributed by atoms with E-state index in [0.29, 0.717) is 16.4 Å². The normalized spacial score (nSPS) is 10.7. The molecule has 0 fully saturated rings. The number of hydrogen-bond donors (Lipinski definition) is 2. The lowest BCUT2D eigenvalue weighted by atomic mass is 10.2. The van der Waals surface area contributed by atoms with Crippen molar-refractivity contribution in [3.05, 3.63) is 70.5 Å². The predicted octanol–water partition coefficient (Wildman–Crippen LogP) is 4.57. The zero-order valence-corrected chi connectivity index (χ0v) is 13.0. The lowest BCUT2D eigenvalue weighted by Crippen LogP contribution is -1.92. The maximum atomic E-state index is 12.9. The zero-order chi connectivity index (χ0) is 16.9. The molecule has 7 heteroatoms. The molecule has 0 aliphatic carbocycles. The molecule has 0 aliphatic heterocycles. The number of anilines is 2. The fourth-order valence-corrected chi connectivity index (χ4v) is 2.21. The van der Waals surface area contributed by atoms with Crippen LogP contribution in [0.5, 0.6) is 0 Å². The van der Waals surface area contributed by atoms with Crippen LogP contribution in [-0.4, -0.2) is 16.4 Å². The average Bonchev–Trinajstić information content (AvgIpc) is 2.96. The van der Waals surface area contributed by atoms with Gasteiger partial charge in [0.25, 0.3) is 0 Å². The van der Waals surface area contributed by atoms with Gasteiger partial charge in [-0.1, -0.05) is 29.8 Å². The third-order valence-corrected chi connectivity index (χ3v) is 3.39. The van der Waals surface area contributed by atoms with Crippen LogP contribution in [0.4, 0.5) is 21.7 Å². The third kappa shape index (κ3) is 3.59. The molecule has 118 valence electrons. The van der Waals surface area contributed by atoms with E-state index in [1.165, 1.54) is 18.3 Å². The molecule has 3 rings (SSSR count). The average molecular weight is 340 g/mol. The summed E-state index contributed by atoms with van der Waals surface area (Å²) in [5.41, 5.74) is 1.69. The van der Waals surface area contributed by atoms with Gasteiger partial charge in [0.05, 0.1) is 0 Å². The van der Waals surface area contributed by atoms with Crippen LogP contribution in [0.1, 0.15) is 11.1 Å². The number of aromatic amines is 1. The summed E-state index contributed by atoms with van der Waals surface area (Å²) in [6.07, 6.45) is 1.51. The van der Waals surface area contributed by atoms with Gasteiger partial charge in [0.1, 0.15) is 23.3 Å². The lowest BCUT2D eigenvalue weighted by Gasteiger charge is -2.03. The maximum Gasteiger partial charge on any atom is 0.193 e. The SMILES string of the molecule is N#Cc1c(N=Cc2ccc(F)cc2)n[nH]c1Nc1cccc(Cl)c1. The Balaban J connectivity index is 1.84. The van der Waals surface area contributed by atoms with E-state index in [2.05, 4.69) is 26.6 Å². The molecule has 0 saturated carbocycles. The minimum atomic E-state index is -0.322. The van der Waals surface area contributed by atoms with Crippen molar-refractivity contribution in [3.8, 4) is 6.07 Å². The zero-order valence-electron chi connectivity index (χ0n) is 12.3. The molecule has 0 atom stereocenters. The number of nitrogens with one attached hydrogen (secondary N) is 2. The van der Waals surface area contributed by atoms with Gasteiger partial charge in [-0.05, 0) is 35.9 Å². The highest BCUT2D eigenvalue weighted by Gasteiger charge is 2.12. The second-order valence-corrected chi connectivity index (χ2v) is 5.29. The fourth-order valence-electron chi connectivity index (χ4n) is 2.02. The Hall–Kier alpha value is -3.17. The Bertz CT molecular complexity index is 925. The molecule has 0 saturated heterocycles. The van der Waals surface area contributed by atoms with E-state index in [0.717, 1.165) is 5.69 Å². The Morgan fingerprint density at radius 1 is 1.25 bits per heavy atom. The monoisotopic (exact) mass is 339 g/mol. The number of nitrogens with zero attached hydrogens (tertiary/aromatic N) is 3. The van der Waals surface area contributed by atoms with Gasteiger partial charge in [0.2, 0.25) is 0 Å². The third-order valence-electron chi connectivity index (χ3n) is 3.16. The van der Waals surface area contributed by atoms with Crippen molar-refractivity contribution in [2.45, 2.75) is 0 Å². The standard InChI is InChI=1S/C17H11ClFN5/c18-12-2-1-3-14(8-12)22-17-15(9-20)16(23-24-17)21-10-11-4-6-13(19)7-5-11/h1-8,10H,(H2,22,23,24). The number of H-pyrrole nitrogens is 1. The molecule has 3 aromatic rings. The summed E-state index contributed by atoms with van der Waals surface area (Å²) < 4.78 is 12.9. The molecular weight excluding hydrogens is 329 g/mol. The Morgan fingerprint density at radius 3 is 2.75 bits per heavy atom. The van der Waals surface area contributed by atoms with Crippen LogP contribution in [-0.2, 0) is 0 Å². The highest BCUT2D eigenvalue weighted by atomic mass is 35.5. The van der Waals surface area contributed by atoms with Gasteiger partial charge >= 0.3 is 0 Å². The molecule has 5 nitrogen and oxygen atoms in total. The highest BCUT2D eigenvalue weighted by Crippen LogP contribution is 2.26. The largest absolute Gasteiger partial charge is 0.339 e. The van der Waals surface area contributed by atoms with Crippen LogP contribution in [0.3, 0.4) is 0 Å². The lowest BCUT2D eigenvalue weighted by molar-refractivity contribution is 0.628. The summed E-state index contributed by atoms with van der Waals surface area (Å²) in [5, 5.41) is 19.7. The van der Waals surface area contributed by atoms with E-state index in [9.17, 15) is 9.65 Å². The molecule has 0 unspecified atom stereocenters. The minimum Gasteiger partial charge on any atom is -0.339 e. The van der Waals surface area contributed by atoms with E-state index >= 15 is 0 Å². The van der Waals surface area contributed by atoms with Crippen molar-refractivity contribution in [2.75, 3.05) is 5.32 Å². The van der Waals surface area contributed by atoms with Crippen LogP contribution >= 0.6 is 11.6 Å². The number of aromatic nitrogens is 2. The van der Waals surface area contributed by atoms with E-state index in [4.69, 9.17) is 11.6 Å². The van der Waals surface area contributed by atoms with Gasteiger partial charge in [-0.2, -0.15) is 10.4 Å². The Kier molecular flexibility index (Phi) is 4.54. The van der Waals surface area contributed by atoms with Crippen LogP contribution in [0.2, 0.25) is 5.02 Å². The molecule has 1 aromatic heterocycles. The molecule has 2 N–H and O–H groups in total. The second-order valence-electron chi connectivity index (χ2n) is 4.85. The van der Waals surface area contributed by atoms with Crippen molar-refractivity contribution in [2.24, 2.45) is 4.99 Å². The summed E-state index contributed by atoms with van der Waals surface area (Å²) in [4.78, 5) is 4.18. The highest BCUT2D eigenvalue weighted by molar-refractivity contribution is 6.30. The van der Waals surface area contributed by atoms with Gasteiger partial charge in [0, 0.05) is 16.9 Å². The Morgan fingerprint density at radius 2 is 2.04 bits per heavy atom. The molecule has 1 heterocycles. The second kappa shape index (κ2) is 6.94. The molecule has 0 bridgehead atoms.